The molecule has 0 aliphatic carbocycles. The highest BCUT2D eigenvalue weighted by Crippen LogP contribution is 2.42. The predicted molar refractivity (Wildman–Crippen MR) is 236 cm³/mol. The maximum absolute atomic E-state index is 14.5. The minimum atomic E-state index is -1.72. The molecule has 2 aliphatic heterocycles. The van der Waals surface area contributed by atoms with Gasteiger partial charge in [-0.15, -0.1) is 12.4 Å². The number of ether oxygens (including phenoxy) is 2. The Balaban J connectivity index is 0.00000992. The first kappa shape index (κ1) is 50.0. The molecular weight excluding hydrogens is 802 g/mol. The molecule has 0 spiro atoms. The molecule has 3 aromatic carbocycles. The van der Waals surface area contributed by atoms with Crippen LogP contribution in [0, 0.1) is 5.92 Å². The predicted octanol–water partition coefficient (Wildman–Crippen LogP) is 6.40. The lowest BCUT2D eigenvalue weighted by atomic mass is 9.96. The molecule has 14 nitrogen and oxygen atoms in total. The Hall–Kier alpha value is -5.34. The lowest BCUT2D eigenvalue weighted by Gasteiger charge is -2.30. The van der Waals surface area contributed by atoms with Crippen molar-refractivity contribution in [2.45, 2.75) is 134 Å². The van der Waals surface area contributed by atoms with Gasteiger partial charge in [0.1, 0.15) is 17.8 Å². The summed E-state index contributed by atoms with van der Waals surface area (Å²) in [7, 11) is 1.33. The molecule has 334 valence electrons. The Labute approximate surface area is 365 Å². The van der Waals surface area contributed by atoms with Gasteiger partial charge in [-0.2, -0.15) is 0 Å². The van der Waals surface area contributed by atoms with Crippen LogP contribution in [0.15, 0.2) is 66.7 Å². The van der Waals surface area contributed by atoms with Gasteiger partial charge in [-0.25, -0.2) is 4.79 Å². The molecule has 0 radical (unpaired) electrons. The number of amides is 4. The zero-order valence-electron chi connectivity index (χ0n) is 35.7. The lowest BCUT2D eigenvalue weighted by molar-refractivity contribution is -0.143. The molecule has 5 rings (SSSR count). The Morgan fingerprint density at radius 1 is 0.902 bits per heavy atom. The largest absolute Gasteiger partial charge is 0.504 e. The van der Waals surface area contributed by atoms with Crippen LogP contribution in [0.25, 0.3) is 0 Å². The molecule has 61 heavy (non-hydrogen) atoms. The van der Waals surface area contributed by atoms with E-state index in [1.54, 1.807) is 54.6 Å². The number of rotatable bonds is 20. The Kier molecular flexibility index (Phi) is 20.9. The second kappa shape index (κ2) is 25.4. The number of nitrogens with one attached hydrogen (secondary N) is 4. The number of nitrogens with two attached hydrogens (primary N) is 1. The number of aliphatic carboxylic acids is 1. The van der Waals surface area contributed by atoms with Gasteiger partial charge >= 0.3 is 5.97 Å². The summed E-state index contributed by atoms with van der Waals surface area (Å²) in [6.45, 7) is 6.04. The number of methoxy groups -OCH3 is 1. The Bertz CT molecular complexity index is 1880. The smallest absolute Gasteiger partial charge is 0.328 e. The van der Waals surface area contributed by atoms with Gasteiger partial charge in [0.2, 0.25) is 29.4 Å². The third-order valence-corrected chi connectivity index (χ3v) is 10.5. The summed E-state index contributed by atoms with van der Waals surface area (Å²) in [6, 6.07) is 11.7. The van der Waals surface area contributed by atoms with E-state index in [-0.39, 0.29) is 54.6 Å². The van der Waals surface area contributed by atoms with Gasteiger partial charge in [-0.3, -0.25) is 19.2 Å². The number of carbonyl (C=O) groups is 5. The summed E-state index contributed by atoms with van der Waals surface area (Å²) < 4.78 is 11.6. The first-order valence-electron chi connectivity index (χ1n) is 21.2. The monoisotopic (exact) mass is 865 g/mol. The number of carboxylic acid groups (broad SMARTS) is 1. The molecule has 0 aromatic heterocycles. The Morgan fingerprint density at radius 2 is 1.54 bits per heavy atom. The van der Waals surface area contributed by atoms with E-state index in [4.69, 9.17) is 15.2 Å². The van der Waals surface area contributed by atoms with Gasteiger partial charge in [0.05, 0.1) is 19.2 Å². The lowest BCUT2D eigenvalue weighted by Crippen LogP contribution is -2.58. The fourth-order valence-electron chi connectivity index (χ4n) is 7.30. The summed E-state index contributed by atoms with van der Waals surface area (Å²) in [4.78, 5) is 68.5. The summed E-state index contributed by atoms with van der Waals surface area (Å²) in [6.07, 6.45) is 9.77. The van der Waals surface area contributed by atoms with E-state index in [1.807, 2.05) is 13.8 Å². The summed E-state index contributed by atoms with van der Waals surface area (Å²) in [5.74, 6) is -3.99. The van der Waals surface area contributed by atoms with Gasteiger partial charge in [0.15, 0.2) is 17.5 Å². The van der Waals surface area contributed by atoms with E-state index in [1.165, 1.54) is 44.9 Å². The minimum absolute atomic E-state index is 0. The Morgan fingerprint density at radius 3 is 2.15 bits per heavy atom. The van der Waals surface area contributed by atoms with Crippen molar-refractivity contribution in [2.75, 3.05) is 7.11 Å². The van der Waals surface area contributed by atoms with E-state index in [0.29, 0.717) is 29.7 Å². The van der Waals surface area contributed by atoms with Crippen molar-refractivity contribution in [1.29, 1.82) is 0 Å². The van der Waals surface area contributed by atoms with E-state index in [9.17, 15) is 34.2 Å². The second-order valence-electron chi connectivity index (χ2n) is 16.0. The number of hydrogen-bond acceptors (Lipinski definition) is 9. The van der Waals surface area contributed by atoms with Crippen LogP contribution >= 0.6 is 12.4 Å². The van der Waals surface area contributed by atoms with Gasteiger partial charge in [0, 0.05) is 19.3 Å². The third kappa shape index (κ3) is 15.9. The van der Waals surface area contributed by atoms with Crippen molar-refractivity contribution in [1.82, 2.24) is 21.3 Å². The van der Waals surface area contributed by atoms with Crippen molar-refractivity contribution >= 4 is 42.0 Å². The SMILES string of the molecule is CCCCCCCCCCCC(=O)N[C@@H](C(=O)O)[C@@H]1NC(=O)[C@@H](Cc2ccccc2)NC(=O)[C@@H](NC(=O)[C@H](N)CC(C)C)Cc2ccc(cc2)Oc2cc1cc(O)c2OC.Cl. The van der Waals surface area contributed by atoms with Crippen molar-refractivity contribution in [3.8, 4) is 23.0 Å². The summed E-state index contributed by atoms with van der Waals surface area (Å²) in [5, 5.41) is 32.8. The third-order valence-electron chi connectivity index (χ3n) is 10.5. The molecule has 5 atom stereocenters. The molecule has 0 saturated carbocycles. The quantitative estimate of drug-likeness (QED) is 0.0620. The average molecular weight is 866 g/mol. The molecule has 2 aliphatic rings. The maximum Gasteiger partial charge on any atom is 0.328 e. The van der Waals surface area contributed by atoms with Crippen molar-refractivity contribution in [2.24, 2.45) is 11.7 Å². The zero-order valence-corrected chi connectivity index (χ0v) is 36.6. The topological polar surface area (TPSA) is 218 Å². The molecule has 4 amide bonds. The summed E-state index contributed by atoms with van der Waals surface area (Å²) >= 11 is 0. The molecule has 0 fully saturated rings. The maximum atomic E-state index is 14.5. The van der Waals surface area contributed by atoms with Gasteiger partial charge in [-0.05, 0) is 59.7 Å². The highest BCUT2D eigenvalue weighted by molar-refractivity contribution is 5.94. The molecule has 15 heteroatoms. The number of carboxylic acids is 1. The van der Waals surface area contributed by atoms with E-state index >= 15 is 0 Å². The average Bonchev–Trinajstić information content (AvgIpc) is 3.21. The van der Waals surface area contributed by atoms with Crippen LogP contribution in [-0.2, 0) is 36.8 Å². The molecule has 0 saturated heterocycles. The highest BCUT2D eigenvalue weighted by atomic mass is 35.5. The minimum Gasteiger partial charge on any atom is -0.504 e. The molecule has 3 aromatic rings. The number of benzene rings is 3. The molecule has 0 unspecified atom stereocenters. The van der Waals surface area contributed by atoms with Crippen LogP contribution in [0.5, 0.6) is 23.0 Å². The number of hydrogen-bond donors (Lipinski definition) is 7. The van der Waals surface area contributed by atoms with Crippen LogP contribution in [0.3, 0.4) is 0 Å². The van der Waals surface area contributed by atoms with Crippen LogP contribution in [-0.4, -0.2) is 71.1 Å². The number of phenols is 1. The number of aromatic hydroxyl groups is 1. The highest BCUT2D eigenvalue weighted by Gasteiger charge is 2.37. The fraction of sp³-hybridized carbons (Fsp3) is 0.500. The standard InChI is InChI=1S/C46H63N5O9.ClH/c1-5-6-7-8-9-10-11-12-16-19-39(53)50-41(46(57)58)40-32-27-37(52)42(59-4)38(28-32)60-33-22-20-31(21-23-33)26-35(48-43(54)34(47)24-29(2)3)44(55)49-36(45(56)51-40)25-30-17-14-13-15-18-30;/h13-15,17-18,20-23,27-29,34-36,40-41,52H,5-12,16,19,24-26,47H2,1-4H3,(H,48,54)(H,49,55)(H,50,53)(H,51,56)(H,57,58);1H/t34-,35+,36-,40-,41-;/m1./s1. The van der Waals surface area contributed by atoms with Crippen molar-refractivity contribution < 1.29 is 43.7 Å². The van der Waals surface area contributed by atoms with Gasteiger partial charge < -0.3 is 46.7 Å². The number of unbranched alkanes of at least 4 members (excludes halogenated alkanes) is 8. The second-order valence-corrected chi connectivity index (χ2v) is 16.0. The van der Waals surface area contributed by atoms with Crippen molar-refractivity contribution in [3.63, 3.8) is 0 Å². The van der Waals surface area contributed by atoms with Crippen LogP contribution in [0.4, 0.5) is 0 Å². The normalized spacial score (nSPS) is 17.5. The van der Waals surface area contributed by atoms with Crippen molar-refractivity contribution in [3.05, 3.63) is 83.4 Å². The summed E-state index contributed by atoms with van der Waals surface area (Å²) in [5.41, 5.74) is 7.62. The number of fused-ring (bicyclic) bond motifs is 9. The van der Waals surface area contributed by atoms with Gasteiger partial charge in [0.25, 0.3) is 0 Å². The van der Waals surface area contributed by atoms with E-state index in [2.05, 4.69) is 28.2 Å². The van der Waals surface area contributed by atoms with Crippen LogP contribution in [0.1, 0.15) is 114 Å². The zero-order chi connectivity index (χ0) is 43.6. The number of halogens is 1. The molecule has 2 heterocycles. The van der Waals surface area contributed by atoms with Crippen LogP contribution in [0.2, 0.25) is 0 Å². The van der Waals surface area contributed by atoms with Gasteiger partial charge in [-0.1, -0.05) is 115 Å². The molecular formula is C46H64ClN5O9. The molecule has 8 N–H and O–H groups in total. The first-order chi connectivity index (χ1) is 28.8. The van der Waals surface area contributed by atoms with E-state index < -0.39 is 65.6 Å². The fourth-order valence-corrected chi connectivity index (χ4v) is 7.30. The van der Waals surface area contributed by atoms with Crippen LogP contribution < -0.4 is 36.5 Å². The number of phenolic OH excluding ortho intramolecular Hbond substituents is 1. The molecule has 4 bridgehead atoms. The first-order valence-corrected chi connectivity index (χ1v) is 21.2. The van der Waals surface area contributed by atoms with E-state index in [0.717, 1.165) is 25.7 Å². The number of carbonyl (C=O) groups excluding carboxylic acids is 4.